The van der Waals surface area contributed by atoms with Crippen molar-refractivity contribution in [3.8, 4) is 10.6 Å². The molecule has 0 aromatic carbocycles. The van der Waals surface area contributed by atoms with Crippen LogP contribution in [-0.2, 0) is 12.5 Å². The fourth-order valence-corrected chi connectivity index (χ4v) is 3.14. The van der Waals surface area contributed by atoms with Crippen molar-refractivity contribution in [3.63, 3.8) is 0 Å². The minimum absolute atomic E-state index is 0.0235. The molecule has 0 amide bonds. The summed E-state index contributed by atoms with van der Waals surface area (Å²) in [6.07, 6.45) is 2.07. The van der Waals surface area contributed by atoms with Gasteiger partial charge in [0.25, 0.3) is 0 Å². The van der Waals surface area contributed by atoms with E-state index in [4.69, 9.17) is 4.98 Å². The van der Waals surface area contributed by atoms with Crippen LogP contribution < -0.4 is 5.32 Å². The molecular formula is C15H24N4S. The summed E-state index contributed by atoms with van der Waals surface area (Å²) in [5.74, 6) is 0. The van der Waals surface area contributed by atoms with Gasteiger partial charge in [-0.3, -0.25) is 4.68 Å². The average Bonchev–Trinajstić information content (AvgIpc) is 2.94. The van der Waals surface area contributed by atoms with Crippen LogP contribution in [0.15, 0.2) is 11.6 Å². The summed E-state index contributed by atoms with van der Waals surface area (Å²) in [6, 6.07) is 0.291. The highest BCUT2D eigenvalue weighted by atomic mass is 32.1. The lowest BCUT2D eigenvalue weighted by Gasteiger charge is -2.16. The van der Waals surface area contributed by atoms with Crippen LogP contribution in [0.25, 0.3) is 10.6 Å². The van der Waals surface area contributed by atoms with Gasteiger partial charge in [-0.05, 0) is 13.5 Å². The predicted molar refractivity (Wildman–Crippen MR) is 85.1 cm³/mol. The van der Waals surface area contributed by atoms with Crippen molar-refractivity contribution in [1.82, 2.24) is 20.1 Å². The Hall–Kier alpha value is -1.20. The SMILES string of the molecule is CCNC(C)c1csc(-c2cn(C)nc2C(C)(C)C)n1. The van der Waals surface area contributed by atoms with Gasteiger partial charge in [0.2, 0.25) is 0 Å². The second kappa shape index (κ2) is 5.66. The molecule has 0 radical (unpaired) electrons. The van der Waals surface area contributed by atoms with Crippen molar-refractivity contribution >= 4 is 11.3 Å². The Balaban J connectivity index is 2.38. The van der Waals surface area contributed by atoms with Gasteiger partial charge in [-0.15, -0.1) is 11.3 Å². The van der Waals surface area contributed by atoms with E-state index in [2.05, 4.69) is 56.6 Å². The highest BCUT2D eigenvalue weighted by Crippen LogP contribution is 2.34. The summed E-state index contributed by atoms with van der Waals surface area (Å²) in [4.78, 5) is 4.79. The quantitative estimate of drug-likeness (QED) is 0.937. The van der Waals surface area contributed by atoms with E-state index in [0.29, 0.717) is 6.04 Å². The van der Waals surface area contributed by atoms with Crippen LogP contribution in [0, 0.1) is 0 Å². The smallest absolute Gasteiger partial charge is 0.127 e. The molecule has 0 fully saturated rings. The second-order valence-electron chi connectivity index (χ2n) is 6.17. The molecule has 4 nitrogen and oxygen atoms in total. The molecule has 2 aromatic heterocycles. The first-order valence-electron chi connectivity index (χ1n) is 7.06. The number of aromatic nitrogens is 3. The van der Waals surface area contributed by atoms with E-state index in [1.54, 1.807) is 11.3 Å². The molecule has 0 aliphatic heterocycles. The third-order valence-electron chi connectivity index (χ3n) is 3.25. The molecule has 1 N–H and O–H groups in total. The predicted octanol–water partition coefficient (Wildman–Crippen LogP) is 3.51. The third-order valence-corrected chi connectivity index (χ3v) is 4.14. The van der Waals surface area contributed by atoms with Crippen molar-refractivity contribution in [2.45, 2.75) is 46.1 Å². The van der Waals surface area contributed by atoms with Crippen molar-refractivity contribution in [2.24, 2.45) is 7.05 Å². The Morgan fingerprint density at radius 3 is 2.70 bits per heavy atom. The molecule has 110 valence electrons. The van der Waals surface area contributed by atoms with Crippen LogP contribution in [-0.4, -0.2) is 21.3 Å². The molecule has 20 heavy (non-hydrogen) atoms. The van der Waals surface area contributed by atoms with Gasteiger partial charge in [0.05, 0.1) is 17.0 Å². The van der Waals surface area contributed by atoms with Crippen LogP contribution in [0.1, 0.15) is 52.0 Å². The molecule has 0 bridgehead atoms. The molecule has 0 aliphatic carbocycles. The van der Waals surface area contributed by atoms with E-state index in [-0.39, 0.29) is 5.41 Å². The number of hydrogen-bond acceptors (Lipinski definition) is 4. The van der Waals surface area contributed by atoms with Crippen LogP contribution in [0.4, 0.5) is 0 Å². The maximum absolute atomic E-state index is 4.79. The molecule has 2 rings (SSSR count). The highest BCUT2D eigenvalue weighted by Gasteiger charge is 2.24. The molecule has 0 aliphatic rings. The number of nitrogens with one attached hydrogen (secondary N) is 1. The van der Waals surface area contributed by atoms with Gasteiger partial charge in [0, 0.05) is 30.1 Å². The van der Waals surface area contributed by atoms with Gasteiger partial charge in [-0.2, -0.15) is 5.10 Å². The summed E-state index contributed by atoms with van der Waals surface area (Å²) in [6.45, 7) is 11.8. The van der Waals surface area contributed by atoms with Crippen LogP contribution in [0.5, 0.6) is 0 Å². The van der Waals surface area contributed by atoms with E-state index in [1.807, 2.05) is 11.7 Å². The van der Waals surface area contributed by atoms with Gasteiger partial charge >= 0.3 is 0 Å². The van der Waals surface area contributed by atoms with Gasteiger partial charge in [-0.1, -0.05) is 27.7 Å². The van der Waals surface area contributed by atoms with Gasteiger partial charge in [0.1, 0.15) is 5.01 Å². The number of rotatable bonds is 4. The Kier molecular flexibility index (Phi) is 4.30. The Morgan fingerprint density at radius 1 is 1.40 bits per heavy atom. The van der Waals surface area contributed by atoms with Crippen molar-refractivity contribution in [2.75, 3.05) is 6.54 Å². The molecule has 2 heterocycles. The van der Waals surface area contributed by atoms with Gasteiger partial charge < -0.3 is 5.32 Å². The number of nitrogens with zero attached hydrogens (tertiary/aromatic N) is 3. The van der Waals surface area contributed by atoms with Crippen LogP contribution in [0.3, 0.4) is 0 Å². The minimum Gasteiger partial charge on any atom is -0.309 e. The molecule has 0 spiro atoms. The number of thiazole rings is 1. The zero-order valence-electron chi connectivity index (χ0n) is 13.2. The Bertz CT molecular complexity index is 577. The highest BCUT2D eigenvalue weighted by molar-refractivity contribution is 7.13. The zero-order valence-corrected chi connectivity index (χ0v) is 14.0. The first-order chi connectivity index (χ1) is 9.32. The first-order valence-corrected chi connectivity index (χ1v) is 7.94. The van der Waals surface area contributed by atoms with E-state index in [1.165, 1.54) is 0 Å². The zero-order chi connectivity index (χ0) is 14.9. The molecule has 1 atom stereocenters. The molecule has 0 saturated heterocycles. The molecule has 2 aromatic rings. The normalized spacial score (nSPS) is 13.7. The average molecular weight is 292 g/mol. The monoisotopic (exact) mass is 292 g/mol. The maximum Gasteiger partial charge on any atom is 0.127 e. The fourth-order valence-electron chi connectivity index (χ4n) is 2.22. The number of hydrogen-bond donors (Lipinski definition) is 1. The fraction of sp³-hybridized carbons (Fsp3) is 0.600. The summed E-state index contributed by atoms with van der Waals surface area (Å²) in [5.41, 5.74) is 3.39. The first kappa shape index (κ1) is 15.2. The van der Waals surface area contributed by atoms with E-state index in [0.717, 1.165) is 28.5 Å². The summed E-state index contributed by atoms with van der Waals surface area (Å²) in [7, 11) is 1.97. The van der Waals surface area contributed by atoms with Gasteiger partial charge in [-0.25, -0.2) is 4.98 Å². The lowest BCUT2D eigenvalue weighted by Crippen LogP contribution is -2.18. The third kappa shape index (κ3) is 3.10. The summed E-state index contributed by atoms with van der Waals surface area (Å²) in [5, 5.41) is 11.2. The van der Waals surface area contributed by atoms with Crippen LogP contribution >= 0.6 is 11.3 Å². The lowest BCUT2D eigenvalue weighted by atomic mass is 9.90. The molecule has 1 unspecified atom stereocenters. The minimum atomic E-state index is 0.0235. The molecular weight excluding hydrogens is 268 g/mol. The second-order valence-corrected chi connectivity index (χ2v) is 7.03. The van der Waals surface area contributed by atoms with E-state index < -0.39 is 0 Å². The summed E-state index contributed by atoms with van der Waals surface area (Å²) >= 11 is 1.70. The van der Waals surface area contributed by atoms with Crippen molar-refractivity contribution in [3.05, 3.63) is 23.0 Å². The summed E-state index contributed by atoms with van der Waals surface area (Å²) < 4.78 is 1.88. The Morgan fingerprint density at radius 2 is 2.10 bits per heavy atom. The van der Waals surface area contributed by atoms with Crippen molar-refractivity contribution < 1.29 is 0 Å². The molecule has 5 heteroatoms. The van der Waals surface area contributed by atoms with E-state index >= 15 is 0 Å². The van der Waals surface area contributed by atoms with Gasteiger partial charge in [0.15, 0.2) is 0 Å². The number of aryl methyl sites for hydroxylation is 1. The van der Waals surface area contributed by atoms with Crippen molar-refractivity contribution in [1.29, 1.82) is 0 Å². The largest absolute Gasteiger partial charge is 0.309 e. The van der Waals surface area contributed by atoms with E-state index in [9.17, 15) is 0 Å². The Labute approximate surface area is 125 Å². The van der Waals surface area contributed by atoms with Crippen LogP contribution in [0.2, 0.25) is 0 Å². The molecule has 0 saturated carbocycles. The lowest BCUT2D eigenvalue weighted by molar-refractivity contribution is 0.554. The topological polar surface area (TPSA) is 42.7 Å². The maximum atomic E-state index is 4.79. The standard InChI is InChI=1S/C15H24N4S/c1-7-16-10(2)12-9-20-14(17-12)11-8-19(6)18-13(11)15(3,4)5/h8-10,16H,7H2,1-6H3.